The number of hydrogen-bond acceptors (Lipinski definition) is 6. The van der Waals surface area contributed by atoms with E-state index < -0.39 is 35.6 Å². The van der Waals surface area contributed by atoms with Crippen LogP contribution >= 0.6 is 0 Å². The van der Waals surface area contributed by atoms with E-state index in [9.17, 15) is 19.5 Å². The van der Waals surface area contributed by atoms with Crippen molar-refractivity contribution in [2.24, 2.45) is 11.8 Å². The van der Waals surface area contributed by atoms with E-state index in [0.717, 1.165) is 22.4 Å². The van der Waals surface area contributed by atoms with Gasteiger partial charge in [0.1, 0.15) is 17.2 Å². The average Bonchev–Trinajstić information content (AvgIpc) is 3.36. The quantitative estimate of drug-likeness (QED) is 0.210. The number of anilines is 1. The Morgan fingerprint density at radius 3 is 2.00 bits per heavy atom. The third kappa shape index (κ3) is 4.75. The van der Waals surface area contributed by atoms with Crippen LogP contribution in [0.5, 0.6) is 17.2 Å². The molecule has 1 amide bonds. The van der Waals surface area contributed by atoms with Gasteiger partial charge in [-0.1, -0.05) is 60.7 Å². The van der Waals surface area contributed by atoms with Crippen molar-refractivity contribution in [1.29, 1.82) is 0 Å². The Kier molecular flexibility index (Phi) is 7.12. The molecule has 8 nitrogen and oxygen atoms in total. The number of esters is 1. The van der Waals surface area contributed by atoms with E-state index in [4.69, 9.17) is 14.2 Å². The molecular formula is C34H29NO7. The number of aliphatic carboxylic acids is 1. The molecule has 2 atom stereocenters. The Labute approximate surface area is 242 Å². The second-order valence-corrected chi connectivity index (χ2v) is 10.5. The van der Waals surface area contributed by atoms with Gasteiger partial charge in [0.2, 0.25) is 5.91 Å². The van der Waals surface area contributed by atoms with Crippen LogP contribution in [0, 0.1) is 11.8 Å². The molecule has 212 valence electrons. The maximum atomic E-state index is 14.0. The maximum absolute atomic E-state index is 14.0. The highest BCUT2D eigenvalue weighted by molar-refractivity contribution is 6.00. The standard InChI is InChI=1S/C34H29NO7/c1-40-26-12-5-3-10-23(26)29-31(33(37)38)30(24-11-4-6-13-27(24)41-2)32(29)34(39)42-22-9-7-8-19(16-22)20-14-15-21-18-28(36)35-25(21)17-20/h3-17,29-32H,18H2,1-2H3,(H,35,36)(H,37,38)/t29-,30-,31-,32-/m0/s1. The number of rotatable bonds is 8. The third-order valence-electron chi connectivity index (χ3n) is 8.22. The van der Waals surface area contributed by atoms with Gasteiger partial charge in [0.15, 0.2) is 0 Å². The van der Waals surface area contributed by atoms with Crippen LogP contribution in [0.25, 0.3) is 11.1 Å². The summed E-state index contributed by atoms with van der Waals surface area (Å²) in [5.41, 5.74) is 4.65. The van der Waals surface area contributed by atoms with Crippen molar-refractivity contribution in [3.05, 3.63) is 108 Å². The minimum Gasteiger partial charge on any atom is -0.496 e. The second-order valence-electron chi connectivity index (χ2n) is 10.5. The first kappa shape index (κ1) is 27.1. The zero-order valence-electron chi connectivity index (χ0n) is 23.1. The van der Waals surface area contributed by atoms with Gasteiger partial charge in [-0.2, -0.15) is 0 Å². The molecule has 2 aliphatic rings. The van der Waals surface area contributed by atoms with E-state index >= 15 is 0 Å². The van der Waals surface area contributed by atoms with Crippen molar-refractivity contribution in [2.45, 2.75) is 18.3 Å². The van der Waals surface area contributed by atoms with Crippen molar-refractivity contribution in [3.8, 4) is 28.4 Å². The SMILES string of the molecule is COc1ccccc1[C@H]1[C@H](C(=O)O)[C@H](c2ccccc2OC)[C@H]1C(=O)Oc1cccc(-c2ccc3c(c2)NC(=O)C3)c1. The lowest BCUT2D eigenvalue weighted by molar-refractivity contribution is -0.158. The van der Waals surface area contributed by atoms with Crippen LogP contribution in [-0.2, 0) is 20.8 Å². The lowest BCUT2D eigenvalue weighted by Crippen LogP contribution is -2.52. The van der Waals surface area contributed by atoms with E-state index in [1.54, 1.807) is 66.7 Å². The Balaban J connectivity index is 1.36. The van der Waals surface area contributed by atoms with Crippen LogP contribution in [0.15, 0.2) is 91.0 Å². The van der Waals surface area contributed by atoms with Gasteiger partial charge in [0.05, 0.1) is 32.5 Å². The number of hydrogen-bond donors (Lipinski definition) is 2. The van der Waals surface area contributed by atoms with E-state index in [2.05, 4.69) is 5.32 Å². The van der Waals surface area contributed by atoms with Crippen LogP contribution in [0.1, 0.15) is 28.5 Å². The Bertz CT molecular complexity index is 1640. The highest BCUT2D eigenvalue weighted by Crippen LogP contribution is 2.60. The monoisotopic (exact) mass is 563 g/mol. The van der Waals surface area contributed by atoms with Crippen LogP contribution in [0.3, 0.4) is 0 Å². The summed E-state index contributed by atoms with van der Waals surface area (Å²) in [6.07, 6.45) is 0.354. The zero-order valence-corrected chi connectivity index (χ0v) is 23.1. The molecule has 1 heterocycles. The van der Waals surface area contributed by atoms with Crippen LogP contribution in [-0.4, -0.2) is 37.2 Å². The lowest BCUT2D eigenvalue weighted by Gasteiger charge is -2.49. The van der Waals surface area contributed by atoms with Gasteiger partial charge in [-0.05, 0) is 58.1 Å². The van der Waals surface area contributed by atoms with Gasteiger partial charge in [-0.3, -0.25) is 14.4 Å². The van der Waals surface area contributed by atoms with E-state index in [0.29, 0.717) is 34.8 Å². The predicted molar refractivity (Wildman–Crippen MR) is 156 cm³/mol. The largest absolute Gasteiger partial charge is 0.496 e. The third-order valence-corrected chi connectivity index (χ3v) is 8.22. The summed E-state index contributed by atoms with van der Waals surface area (Å²) in [6, 6.07) is 27.2. The number of nitrogens with one attached hydrogen (secondary N) is 1. The molecule has 0 unspecified atom stereocenters. The molecule has 4 aromatic carbocycles. The summed E-state index contributed by atoms with van der Waals surface area (Å²) in [6.45, 7) is 0. The molecule has 42 heavy (non-hydrogen) atoms. The molecule has 6 rings (SSSR count). The fourth-order valence-electron chi connectivity index (χ4n) is 6.32. The molecule has 1 saturated carbocycles. The highest BCUT2D eigenvalue weighted by atomic mass is 16.5. The Morgan fingerprint density at radius 2 is 1.38 bits per heavy atom. The van der Waals surface area contributed by atoms with Crippen LogP contribution < -0.4 is 19.5 Å². The zero-order chi connectivity index (χ0) is 29.4. The van der Waals surface area contributed by atoms with Gasteiger partial charge in [-0.15, -0.1) is 0 Å². The summed E-state index contributed by atoms with van der Waals surface area (Å²) in [5, 5.41) is 13.3. The van der Waals surface area contributed by atoms with Crippen molar-refractivity contribution in [2.75, 3.05) is 19.5 Å². The first-order valence-electron chi connectivity index (χ1n) is 13.6. The molecule has 0 spiro atoms. The van der Waals surface area contributed by atoms with Crippen molar-refractivity contribution >= 4 is 23.5 Å². The Morgan fingerprint density at radius 1 is 0.762 bits per heavy atom. The molecule has 0 aromatic heterocycles. The maximum Gasteiger partial charge on any atom is 0.315 e. The van der Waals surface area contributed by atoms with Crippen LogP contribution in [0.4, 0.5) is 5.69 Å². The normalized spacial score (nSPS) is 20.6. The fraction of sp³-hybridized carbons (Fsp3) is 0.206. The Hall–Kier alpha value is -5.11. The van der Waals surface area contributed by atoms with Crippen molar-refractivity contribution in [1.82, 2.24) is 0 Å². The molecule has 2 N–H and O–H groups in total. The molecule has 8 heteroatoms. The predicted octanol–water partition coefficient (Wildman–Crippen LogP) is 5.67. The highest BCUT2D eigenvalue weighted by Gasteiger charge is 2.60. The van der Waals surface area contributed by atoms with Gasteiger partial charge in [-0.25, -0.2) is 0 Å². The number of methoxy groups -OCH3 is 2. The molecular weight excluding hydrogens is 534 g/mol. The molecule has 1 aliphatic carbocycles. The smallest absolute Gasteiger partial charge is 0.315 e. The number of ether oxygens (including phenoxy) is 3. The van der Waals surface area contributed by atoms with E-state index in [-0.39, 0.29) is 5.91 Å². The van der Waals surface area contributed by atoms with E-state index in [1.807, 2.05) is 24.3 Å². The molecule has 0 bridgehead atoms. The summed E-state index contributed by atoms with van der Waals surface area (Å²) in [7, 11) is 3.04. The average molecular weight is 564 g/mol. The number of fused-ring (bicyclic) bond motifs is 1. The molecule has 1 fully saturated rings. The lowest BCUT2D eigenvalue weighted by atomic mass is 9.52. The number of benzene rings is 4. The number of amides is 1. The summed E-state index contributed by atoms with van der Waals surface area (Å²) in [5.74, 6) is -3.37. The second kappa shape index (κ2) is 11.0. The number of carboxylic acids is 1. The van der Waals surface area contributed by atoms with Crippen LogP contribution in [0.2, 0.25) is 0 Å². The van der Waals surface area contributed by atoms with E-state index in [1.165, 1.54) is 14.2 Å². The topological polar surface area (TPSA) is 111 Å². The molecule has 4 aromatic rings. The minimum absolute atomic E-state index is 0.0424. The number of para-hydroxylation sites is 2. The minimum atomic E-state index is -1.02. The summed E-state index contributed by atoms with van der Waals surface area (Å²) >= 11 is 0. The molecule has 0 saturated heterocycles. The van der Waals surface area contributed by atoms with Gasteiger partial charge in [0, 0.05) is 17.5 Å². The first-order valence-corrected chi connectivity index (χ1v) is 13.6. The fourth-order valence-corrected chi connectivity index (χ4v) is 6.32. The van der Waals surface area contributed by atoms with Crippen molar-refractivity contribution < 1.29 is 33.7 Å². The molecule has 0 radical (unpaired) electrons. The van der Waals surface area contributed by atoms with Crippen molar-refractivity contribution in [3.63, 3.8) is 0 Å². The van der Waals surface area contributed by atoms with Gasteiger partial charge >= 0.3 is 11.9 Å². The number of carboxylic acid groups (broad SMARTS) is 1. The number of carbonyl (C=O) groups is 3. The van der Waals surface area contributed by atoms with Gasteiger partial charge < -0.3 is 24.6 Å². The summed E-state index contributed by atoms with van der Waals surface area (Å²) < 4.78 is 17.1. The molecule has 1 aliphatic heterocycles. The van der Waals surface area contributed by atoms with Gasteiger partial charge in [0.25, 0.3) is 0 Å². The first-order chi connectivity index (χ1) is 20.4. The number of carbonyl (C=O) groups excluding carboxylic acids is 2. The summed E-state index contributed by atoms with van der Waals surface area (Å²) in [4.78, 5) is 38.5.